The molecule has 1 unspecified atom stereocenters. The van der Waals surface area contributed by atoms with E-state index < -0.39 is 0 Å². The standard InChI is InChI=1S/C15H23FN2O/c1-12(11-13-7-4-5-8-14(13)16)15(19)17-9-6-10-18(2)3/h4-5,7-8,12H,6,9-11H2,1-3H3,(H,17,19). The first-order valence-electron chi connectivity index (χ1n) is 6.66. The molecule has 0 saturated heterocycles. The molecular formula is C15H23FN2O. The van der Waals surface area contributed by atoms with Gasteiger partial charge in [0.15, 0.2) is 0 Å². The Balaban J connectivity index is 2.35. The molecule has 0 spiro atoms. The van der Waals surface area contributed by atoms with Crippen molar-refractivity contribution in [2.75, 3.05) is 27.2 Å². The molecule has 1 amide bonds. The molecule has 19 heavy (non-hydrogen) atoms. The third-order valence-corrected chi connectivity index (χ3v) is 3.01. The third kappa shape index (κ3) is 5.83. The van der Waals surface area contributed by atoms with Crippen molar-refractivity contribution in [2.45, 2.75) is 19.8 Å². The van der Waals surface area contributed by atoms with Crippen LogP contribution >= 0.6 is 0 Å². The van der Waals surface area contributed by atoms with Crippen molar-refractivity contribution >= 4 is 5.91 Å². The zero-order valence-corrected chi connectivity index (χ0v) is 11.9. The number of amides is 1. The molecule has 4 heteroatoms. The van der Waals surface area contributed by atoms with Crippen LogP contribution in [0.3, 0.4) is 0 Å². The van der Waals surface area contributed by atoms with Crippen molar-refractivity contribution < 1.29 is 9.18 Å². The summed E-state index contributed by atoms with van der Waals surface area (Å²) in [6.07, 6.45) is 1.36. The summed E-state index contributed by atoms with van der Waals surface area (Å²) in [4.78, 5) is 13.9. The monoisotopic (exact) mass is 266 g/mol. The van der Waals surface area contributed by atoms with E-state index in [0.29, 0.717) is 18.5 Å². The van der Waals surface area contributed by atoms with Gasteiger partial charge in [0.25, 0.3) is 0 Å². The Labute approximate surface area is 114 Å². The Morgan fingerprint density at radius 1 is 1.37 bits per heavy atom. The van der Waals surface area contributed by atoms with Crippen molar-refractivity contribution in [3.05, 3.63) is 35.6 Å². The summed E-state index contributed by atoms with van der Waals surface area (Å²) in [6, 6.07) is 6.60. The summed E-state index contributed by atoms with van der Waals surface area (Å²) in [7, 11) is 4.01. The van der Waals surface area contributed by atoms with Crippen LogP contribution in [0.1, 0.15) is 18.9 Å². The average Bonchev–Trinajstić information content (AvgIpc) is 2.36. The molecule has 106 valence electrons. The first-order valence-corrected chi connectivity index (χ1v) is 6.66. The number of benzene rings is 1. The largest absolute Gasteiger partial charge is 0.356 e. The predicted molar refractivity (Wildman–Crippen MR) is 75.4 cm³/mol. The molecule has 0 aliphatic carbocycles. The van der Waals surface area contributed by atoms with E-state index in [1.807, 2.05) is 21.0 Å². The van der Waals surface area contributed by atoms with Crippen molar-refractivity contribution in [1.82, 2.24) is 10.2 Å². The molecule has 0 heterocycles. The summed E-state index contributed by atoms with van der Waals surface area (Å²) in [6.45, 7) is 3.44. The van der Waals surface area contributed by atoms with Gasteiger partial charge in [0.1, 0.15) is 5.82 Å². The molecule has 0 aliphatic rings. The number of carbonyl (C=O) groups is 1. The molecule has 0 radical (unpaired) electrons. The van der Waals surface area contributed by atoms with Crippen LogP contribution in [-0.2, 0) is 11.2 Å². The lowest BCUT2D eigenvalue weighted by Gasteiger charge is -2.14. The Morgan fingerprint density at radius 3 is 2.68 bits per heavy atom. The minimum atomic E-state index is -0.241. The zero-order valence-electron chi connectivity index (χ0n) is 11.9. The van der Waals surface area contributed by atoms with E-state index in [2.05, 4.69) is 10.2 Å². The Kier molecular flexibility index (Phi) is 6.50. The molecule has 1 rings (SSSR count). The highest BCUT2D eigenvalue weighted by Crippen LogP contribution is 2.12. The fraction of sp³-hybridized carbons (Fsp3) is 0.533. The molecule has 0 saturated carbocycles. The third-order valence-electron chi connectivity index (χ3n) is 3.01. The van der Waals surface area contributed by atoms with E-state index in [9.17, 15) is 9.18 Å². The van der Waals surface area contributed by atoms with E-state index in [4.69, 9.17) is 0 Å². The van der Waals surface area contributed by atoms with Gasteiger partial charge in [0.05, 0.1) is 0 Å². The van der Waals surface area contributed by atoms with Gasteiger partial charge in [-0.2, -0.15) is 0 Å². The molecule has 0 fully saturated rings. The maximum absolute atomic E-state index is 13.5. The summed E-state index contributed by atoms with van der Waals surface area (Å²) in [5, 5.41) is 2.89. The summed E-state index contributed by atoms with van der Waals surface area (Å²) in [5.74, 6) is -0.465. The van der Waals surface area contributed by atoms with Crippen molar-refractivity contribution in [2.24, 2.45) is 5.92 Å². The molecule has 1 atom stereocenters. The topological polar surface area (TPSA) is 32.3 Å². The first-order chi connectivity index (χ1) is 9.00. The van der Waals surface area contributed by atoms with Crippen molar-refractivity contribution in [3.8, 4) is 0 Å². The normalized spacial score (nSPS) is 12.5. The lowest BCUT2D eigenvalue weighted by atomic mass is 10.00. The van der Waals surface area contributed by atoms with Gasteiger partial charge in [0, 0.05) is 12.5 Å². The lowest BCUT2D eigenvalue weighted by Crippen LogP contribution is -2.32. The van der Waals surface area contributed by atoms with Crippen LogP contribution in [0.2, 0.25) is 0 Å². The van der Waals surface area contributed by atoms with E-state index in [-0.39, 0.29) is 17.6 Å². The van der Waals surface area contributed by atoms with Crippen molar-refractivity contribution in [3.63, 3.8) is 0 Å². The maximum Gasteiger partial charge on any atom is 0.223 e. The lowest BCUT2D eigenvalue weighted by molar-refractivity contribution is -0.124. The van der Waals surface area contributed by atoms with Crippen LogP contribution in [0.25, 0.3) is 0 Å². The summed E-state index contributed by atoms with van der Waals surface area (Å²) in [5.41, 5.74) is 0.596. The van der Waals surface area contributed by atoms with Crippen LogP contribution in [-0.4, -0.2) is 38.0 Å². The average molecular weight is 266 g/mol. The minimum Gasteiger partial charge on any atom is -0.356 e. The number of carbonyl (C=O) groups excluding carboxylic acids is 1. The van der Waals surface area contributed by atoms with Crippen LogP contribution in [0.15, 0.2) is 24.3 Å². The van der Waals surface area contributed by atoms with Crippen LogP contribution < -0.4 is 5.32 Å². The SMILES string of the molecule is CC(Cc1ccccc1F)C(=O)NCCCN(C)C. The number of hydrogen-bond acceptors (Lipinski definition) is 2. The predicted octanol–water partition coefficient (Wildman–Crippen LogP) is 2.07. The van der Waals surface area contributed by atoms with Gasteiger partial charge in [-0.1, -0.05) is 25.1 Å². The van der Waals surface area contributed by atoms with Gasteiger partial charge >= 0.3 is 0 Å². The van der Waals surface area contributed by atoms with Gasteiger partial charge in [0.2, 0.25) is 5.91 Å². The zero-order chi connectivity index (χ0) is 14.3. The van der Waals surface area contributed by atoms with Gasteiger partial charge in [-0.3, -0.25) is 4.79 Å². The van der Waals surface area contributed by atoms with E-state index in [1.165, 1.54) is 6.07 Å². The molecule has 3 nitrogen and oxygen atoms in total. The second-order valence-electron chi connectivity index (χ2n) is 5.14. The highest BCUT2D eigenvalue weighted by Gasteiger charge is 2.14. The number of hydrogen-bond donors (Lipinski definition) is 1. The molecule has 1 N–H and O–H groups in total. The van der Waals surface area contributed by atoms with Crippen LogP contribution in [0.4, 0.5) is 4.39 Å². The van der Waals surface area contributed by atoms with E-state index in [0.717, 1.165) is 13.0 Å². The number of nitrogens with one attached hydrogen (secondary N) is 1. The van der Waals surface area contributed by atoms with Crippen LogP contribution in [0.5, 0.6) is 0 Å². The van der Waals surface area contributed by atoms with Gasteiger partial charge < -0.3 is 10.2 Å². The number of halogens is 1. The quantitative estimate of drug-likeness (QED) is 0.766. The van der Waals surface area contributed by atoms with Gasteiger partial charge in [-0.25, -0.2) is 4.39 Å². The first kappa shape index (κ1) is 15.6. The van der Waals surface area contributed by atoms with Crippen LogP contribution in [0, 0.1) is 11.7 Å². The maximum atomic E-state index is 13.5. The number of rotatable bonds is 7. The fourth-order valence-electron chi connectivity index (χ4n) is 1.87. The van der Waals surface area contributed by atoms with E-state index >= 15 is 0 Å². The highest BCUT2D eigenvalue weighted by atomic mass is 19.1. The van der Waals surface area contributed by atoms with Gasteiger partial charge in [-0.15, -0.1) is 0 Å². The molecular weight excluding hydrogens is 243 g/mol. The Morgan fingerprint density at radius 2 is 2.05 bits per heavy atom. The molecule has 1 aromatic carbocycles. The molecule has 0 aliphatic heterocycles. The Bertz CT molecular complexity index is 407. The molecule has 1 aromatic rings. The van der Waals surface area contributed by atoms with Crippen molar-refractivity contribution in [1.29, 1.82) is 0 Å². The molecule has 0 bridgehead atoms. The Hall–Kier alpha value is -1.42. The van der Waals surface area contributed by atoms with Gasteiger partial charge in [-0.05, 0) is 45.1 Å². The highest BCUT2D eigenvalue weighted by molar-refractivity contribution is 5.78. The fourth-order valence-corrected chi connectivity index (χ4v) is 1.87. The van der Waals surface area contributed by atoms with E-state index in [1.54, 1.807) is 18.2 Å². The summed E-state index contributed by atoms with van der Waals surface area (Å²) >= 11 is 0. The molecule has 0 aromatic heterocycles. The second-order valence-corrected chi connectivity index (χ2v) is 5.14. The minimum absolute atomic E-state index is 0.0120. The second kappa shape index (κ2) is 7.89. The number of nitrogens with zero attached hydrogens (tertiary/aromatic N) is 1. The summed E-state index contributed by atoms with van der Waals surface area (Å²) < 4.78 is 13.5. The smallest absolute Gasteiger partial charge is 0.223 e.